The van der Waals surface area contributed by atoms with Crippen molar-refractivity contribution in [3.05, 3.63) is 259 Å². The second kappa shape index (κ2) is 14.3. The van der Waals surface area contributed by atoms with Gasteiger partial charge in [-0.2, -0.15) is 0 Å². The molecule has 0 fully saturated rings. The molecular formula is C59H39NS. The largest absolute Gasteiger partial charge is 0.310 e. The summed E-state index contributed by atoms with van der Waals surface area (Å²) in [5.74, 6) is 0. The number of hydrogen-bond donors (Lipinski definition) is 0. The fraction of sp³-hybridized carbons (Fsp3) is 0.0169. The van der Waals surface area contributed by atoms with Crippen LogP contribution in [0.5, 0.6) is 0 Å². The molecule has 2 heteroatoms. The molecule has 0 spiro atoms. The molecule has 0 saturated carbocycles. The van der Waals surface area contributed by atoms with Gasteiger partial charge in [0.25, 0.3) is 0 Å². The molecule has 1 aromatic heterocycles. The standard InChI is InChI=1S/C59H39NS/c1-3-19-45(20-4-1)59(46-21-5-2-6-22-46)54-27-12-9-25-50(54)51-34-33-48(39-55(51)59)60(56-28-13-10-24-49(56)44-31-30-40-16-7-8-17-41(40)36-44)47-23-15-18-42(37-47)43-32-35-58-53(38-43)52-26-11-14-29-57(52)61-58/h1-39H. The lowest BCUT2D eigenvalue weighted by Gasteiger charge is -2.35. The second-order valence-corrected chi connectivity index (χ2v) is 17.1. The van der Waals surface area contributed by atoms with Gasteiger partial charge in [0.2, 0.25) is 0 Å². The first-order valence-electron chi connectivity index (χ1n) is 21.0. The summed E-state index contributed by atoms with van der Waals surface area (Å²) < 4.78 is 2.63. The fourth-order valence-corrected chi connectivity index (χ4v) is 11.1. The van der Waals surface area contributed by atoms with E-state index < -0.39 is 5.41 Å². The molecule has 10 aromatic carbocycles. The molecule has 0 radical (unpaired) electrons. The SMILES string of the molecule is c1ccc(C2(c3ccccc3)c3ccccc3-c3ccc(N(c4cccc(-c5ccc6sc7ccccc7c6c5)c4)c4ccccc4-c4ccc5ccccc5c4)cc32)cc1. The zero-order valence-corrected chi connectivity index (χ0v) is 34.2. The first-order valence-corrected chi connectivity index (χ1v) is 21.8. The molecule has 12 rings (SSSR count). The van der Waals surface area contributed by atoms with Crippen LogP contribution in [0.4, 0.5) is 17.1 Å². The molecule has 11 aromatic rings. The average Bonchev–Trinajstić information content (AvgIpc) is 3.85. The Morgan fingerprint density at radius 1 is 0.328 bits per heavy atom. The summed E-state index contributed by atoms with van der Waals surface area (Å²) in [7, 11) is 0. The van der Waals surface area contributed by atoms with Crippen LogP contribution in [0.15, 0.2) is 237 Å². The van der Waals surface area contributed by atoms with Crippen molar-refractivity contribution in [2.45, 2.75) is 5.41 Å². The first kappa shape index (κ1) is 35.4. The minimum atomic E-state index is -0.519. The van der Waals surface area contributed by atoms with Gasteiger partial charge >= 0.3 is 0 Å². The maximum absolute atomic E-state index is 2.48. The van der Waals surface area contributed by atoms with Crippen LogP contribution >= 0.6 is 11.3 Å². The van der Waals surface area contributed by atoms with Crippen LogP contribution in [0.25, 0.3) is 64.3 Å². The first-order chi connectivity index (χ1) is 30.2. The number of hydrogen-bond acceptors (Lipinski definition) is 2. The van der Waals surface area contributed by atoms with Crippen molar-refractivity contribution < 1.29 is 0 Å². The summed E-state index contributed by atoms with van der Waals surface area (Å²) in [6.45, 7) is 0. The highest BCUT2D eigenvalue weighted by Gasteiger charge is 2.46. The predicted molar refractivity (Wildman–Crippen MR) is 260 cm³/mol. The fourth-order valence-electron chi connectivity index (χ4n) is 10.00. The third kappa shape index (κ3) is 5.68. The number of nitrogens with zero attached hydrogens (tertiary/aromatic N) is 1. The Morgan fingerprint density at radius 3 is 1.79 bits per heavy atom. The maximum atomic E-state index is 2.48. The van der Waals surface area contributed by atoms with Gasteiger partial charge in [-0.05, 0) is 115 Å². The van der Waals surface area contributed by atoms with Crippen LogP contribution in [-0.4, -0.2) is 0 Å². The van der Waals surface area contributed by atoms with E-state index in [0.29, 0.717) is 0 Å². The van der Waals surface area contributed by atoms with Gasteiger partial charge < -0.3 is 4.90 Å². The summed E-state index contributed by atoms with van der Waals surface area (Å²) in [5, 5.41) is 5.08. The normalized spacial score (nSPS) is 12.7. The molecular weight excluding hydrogens is 755 g/mol. The summed E-state index contributed by atoms with van der Waals surface area (Å²) in [6, 6.07) is 87.5. The number of para-hydroxylation sites is 1. The van der Waals surface area contributed by atoms with Crippen molar-refractivity contribution >= 4 is 59.3 Å². The van der Waals surface area contributed by atoms with Gasteiger partial charge in [0, 0.05) is 37.1 Å². The molecule has 0 unspecified atom stereocenters. The molecule has 0 amide bonds. The lowest BCUT2D eigenvalue weighted by molar-refractivity contribution is 0.768. The highest BCUT2D eigenvalue weighted by Crippen LogP contribution is 2.57. The molecule has 1 nitrogen and oxygen atoms in total. The zero-order chi connectivity index (χ0) is 40.3. The molecule has 0 bridgehead atoms. The van der Waals surface area contributed by atoms with Crippen LogP contribution in [-0.2, 0) is 5.41 Å². The monoisotopic (exact) mass is 793 g/mol. The van der Waals surface area contributed by atoms with Crippen LogP contribution in [0.2, 0.25) is 0 Å². The minimum absolute atomic E-state index is 0.519. The van der Waals surface area contributed by atoms with Crippen LogP contribution in [0.1, 0.15) is 22.3 Å². The van der Waals surface area contributed by atoms with Crippen LogP contribution < -0.4 is 4.90 Å². The van der Waals surface area contributed by atoms with E-state index in [9.17, 15) is 0 Å². The Balaban J connectivity index is 1.11. The Kier molecular flexibility index (Phi) is 8.33. The number of thiophene rings is 1. The van der Waals surface area contributed by atoms with Gasteiger partial charge in [-0.1, -0.05) is 182 Å². The maximum Gasteiger partial charge on any atom is 0.0714 e. The van der Waals surface area contributed by atoms with E-state index in [0.717, 1.165) is 17.1 Å². The van der Waals surface area contributed by atoms with E-state index in [2.05, 4.69) is 241 Å². The van der Waals surface area contributed by atoms with E-state index in [-0.39, 0.29) is 0 Å². The molecule has 1 aliphatic carbocycles. The predicted octanol–water partition coefficient (Wildman–Crippen LogP) is 16.4. The summed E-state index contributed by atoms with van der Waals surface area (Å²) in [5.41, 5.74) is 15.2. The molecule has 286 valence electrons. The van der Waals surface area contributed by atoms with E-state index in [1.807, 2.05) is 11.3 Å². The number of benzene rings is 10. The number of anilines is 3. The van der Waals surface area contributed by atoms with Crippen molar-refractivity contribution in [3.8, 4) is 33.4 Å². The third-order valence-corrected chi connectivity index (χ3v) is 13.9. The summed E-state index contributed by atoms with van der Waals surface area (Å²) in [4.78, 5) is 2.48. The molecule has 0 aliphatic heterocycles. The van der Waals surface area contributed by atoms with E-state index >= 15 is 0 Å². The topological polar surface area (TPSA) is 3.24 Å². The molecule has 1 aliphatic rings. The Labute approximate surface area is 360 Å². The van der Waals surface area contributed by atoms with Gasteiger partial charge in [0.05, 0.1) is 11.1 Å². The van der Waals surface area contributed by atoms with E-state index in [1.165, 1.54) is 86.6 Å². The van der Waals surface area contributed by atoms with Crippen molar-refractivity contribution in [2.24, 2.45) is 0 Å². The van der Waals surface area contributed by atoms with Gasteiger partial charge in [-0.15, -0.1) is 11.3 Å². The van der Waals surface area contributed by atoms with Gasteiger partial charge in [0.15, 0.2) is 0 Å². The number of rotatable bonds is 7. The van der Waals surface area contributed by atoms with Crippen molar-refractivity contribution in [3.63, 3.8) is 0 Å². The van der Waals surface area contributed by atoms with Gasteiger partial charge in [-0.3, -0.25) is 0 Å². The smallest absolute Gasteiger partial charge is 0.0714 e. The third-order valence-electron chi connectivity index (χ3n) is 12.7. The highest BCUT2D eigenvalue weighted by atomic mass is 32.1. The molecule has 0 N–H and O–H groups in total. The zero-order valence-electron chi connectivity index (χ0n) is 33.4. The molecule has 61 heavy (non-hydrogen) atoms. The van der Waals surface area contributed by atoms with Crippen LogP contribution in [0.3, 0.4) is 0 Å². The van der Waals surface area contributed by atoms with Crippen LogP contribution in [0, 0.1) is 0 Å². The Bertz CT molecular complexity index is 3400. The average molecular weight is 794 g/mol. The van der Waals surface area contributed by atoms with Crippen molar-refractivity contribution in [1.29, 1.82) is 0 Å². The molecule has 0 saturated heterocycles. The Hall–Kier alpha value is -7.52. The van der Waals surface area contributed by atoms with Crippen molar-refractivity contribution in [1.82, 2.24) is 0 Å². The molecule has 1 heterocycles. The minimum Gasteiger partial charge on any atom is -0.310 e. The van der Waals surface area contributed by atoms with E-state index in [1.54, 1.807) is 0 Å². The number of fused-ring (bicyclic) bond motifs is 7. The quantitative estimate of drug-likeness (QED) is 0.155. The van der Waals surface area contributed by atoms with Gasteiger partial charge in [0.1, 0.15) is 0 Å². The summed E-state index contributed by atoms with van der Waals surface area (Å²) in [6.07, 6.45) is 0. The second-order valence-electron chi connectivity index (χ2n) is 16.0. The van der Waals surface area contributed by atoms with Gasteiger partial charge in [-0.25, -0.2) is 0 Å². The van der Waals surface area contributed by atoms with Crippen molar-refractivity contribution in [2.75, 3.05) is 4.90 Å². The lowest BCUT2D eigenvalue weighted by atomic mass is 9.67. The molecule has 0 atom stereocenters. The highest BCUT2D eigenvalue weighted by molar-refractivity contribution is 7.25. The lowest BCUT2D eigenvalue weighted by Crippen LogP contribution is -2.28. The van der Waals surface area contributed by atoms with E-state index in [4.69, 9.17) is 0 Å². The Morgan fingerprint density at radius 2 is 0.951 bits per heavy atom. The summed E-state index contributed by atoms with van der Waals surface area (Å²) >= 11 is 1.86.